The van der Waals surface area contributed by atoms with Crippen LogP contribution >= 0.6 is 0 Å². The summed E-state index contributed by atoms with van der Waals surface area (Å²) in [5, 5.41) is 0. The molecular weight excluding hydrogens is 153 g/mol. The lowest BCUT2D eigenvalue weighted by molar-refractivity contribution is 0.560. The van der Waals surface area contributed by atoms with Gasteiger partial charge in [0.25, 0.3) is 0 Å². The lowest BCUT2D eigenvalue weighted by Crippen LogP contribution is -2.22. The summed E-state index contributed by atoms with van der Waals surface area (Å²) in [5.41, 5.74) is 6.25. The largest absolute Gasteiger partial charge is 0.321 e. The average Bonchev–Trinajstić information content (AvgIpc) is 2.61. The molecule has 0 saturated heterocycles. The van der Waals surface area contributed by atoms with E-state index in [0.717, 1.165) is 6.42 Å². The van der Waals surface area contributed by atoms with Crippen LogP contribution in [0.1, 0.15) is 18.9 Å². The molecule has 1 aliphatic carbocycles. The van der Waals surface area contributed by atoms with Crippen molar-refractivity contribution in [3.63, 3.8) is 0 Å². The van der Waals surface area contributed by atoms with Crippen LogP contribution in [0.3, 0.4) is 0 Å². The highest BCUT2D eigenvalue weighted by molar-refractivity contribution is 5.32. The first-order valence-corrected chi connectivity index (χ1v) is 4.18. The monoisotopic (exact) mass is 165 g/mol. The van der Waals surface area contributed by atoms with Crippen molar-refractivity contribution >= 4 is 0 Å². The van der Waals surface area contributed by atoms with Gasteiger partial charge in [-0.1, -0.05) is 25.1 Å². The summed E-state index contributed by atoms with van der Waals surface area (Å²) in [6.07, 6.45) is 0.897. The molecule has 1 saturated carbocycles. The normalized spacial score (nSPS) is 33.4. The van der Waals surface area contributed by atoms with Crippen molar-refractivity contribution in [2.24, 2.45) is 11.7 Å². The lowest BCUT2D eigenvalue weighted by atomic mass is 10.0. The SMILES string of the molecule is CC1CC1(N)c1ccccc1F. The number of halogens is 1. The molecule has 2 unspecified atom stereocenters. The molecule has 1 aromatic rings. The van der Waals surface area contributed by atoms with E-state index in [0.29, 0.717) is 11.5 Å². The van der Waals surface area contributed by atoms with Gasteiger partial charge in [-0.3, -0.25) is 0 Å². The predicted molar refractivity (Wildman–Crippen MR) is 46.0 cm³/mol. The molecule has 0 aromatic heterocycles. The topological polar surface area (TPSA) is 26.0 Å². The Bertz CT molecular complexity index is 310. The molecular formula is C10H12FN. The van der Waals surface area contributed by atoms with Crippen molar-refractivity contribution in [2.75, 3.05) is 0 Å². The number of benzene rings is 1. The second-order valence-corrected chi connectivity index (χ2v) is 3.63. The van der Waals surface area contributed by atoms with Gasteiger partial charge in [0.1, 0.15) is 5.82 Å². The van der Waals surface area contributed by atoms with E-state index in [1.54, 1.807) is 12.1 Å². The maximum Gasteiger partial charge on any atom is 0.128 e. The number of hydrogen-bond donors (Lipinski definition) is 1. The van der Waals surface area contributed by atoms with E-state index >= 15 is 0 Å². The van der Waals surface area contributed by atoms with Gasteiger partial charge in [0.05, 0.1) is 0 Å². The van der Waals surface area contributed by atoms with Crippen molar-refractivity contribution in [2.45, 2.75) is 18.9 Å². The van der Waals surface area contributed by atoms with Gasteiger partial charge in [-0.25, -0.2) is 4.39 Å². The van der Waals surface area contributed by atoms with E-state index in [-0.39, 0.29) is 11.4 Å². The highest BCUT2D eigenvalue weighted by atomic mass is 19.1. The van der Waals surface area contributed by atoms with Gasteiger partial charge < -0.3 is 5.73 Å². The van der Waals surface area contributed by atoms with E-state index in [4.69, 9.17) is 5.73 Å². The summed E-state index contributed by atoms with van der Waals surface area (Å²) < 4.78 is 13.2. The fourth-order valence-corrected chi connectivity index (χ4v) is 1.66. The van der Waals surface area contributed by atoms with E-state index in [1.807, 2.05) is 13.0 Å². The second-order valence-electron chi connectivity index (χ2n) is 3.63. The molecule has 2 heteroatoms. The third kappa shape index (κ3) is 0.950. The van der Waals surface area contributed by atoms with Crippen molar-refractivity contribution in [1.29, 1.82) is 0 Å². The van der Waals surface area contributed by atoms with Crippen molar-refractivity contribution in [3.8, 4) is 0 Å². The summed E-state index contributed by atoms with van der Waals surface area (Å²) in [4.78, 5) is 0. The fourth-order valence-electron chi connectivity index (χ4n) is 1.66. The number of hydrogen-bond acceptors (Lipinski definition) is 1. The molecule has 2 atom stereocenters. The average molecular weight is 165 g/mol. The lowest BCUT2D eigenvalue weighted by Gasteiger charge is -2.10. The van der Waals surface area contributed by atoms with Gasteiger partial charge in [-0.15, -0.1) is 0 Å². The highest BCUT2D eigenvalue weighted by Crippen LogP contribution is 2.49. The minimum atomic E-state index is -0.384. The molecule has 2 N–H and O–H groups in total. The van der Waals surface area contributed by atoms with Crippen LogP contribution in [0.5, 0.6) is 0 Å². The molecule has 0 radical (unpaired) electrons. The van der Waals surface area contributed by atoms with E-state index in [1.165, 1.54) is 6.07 Å². The summed E-state index contributed by atoms with van der Waals surface area (Å²) in [6.45, 7) is 2.05. The summed E-state index contributed by atoms with van der Waals surface area (Å²) in [7, 11) is 0. The molecule has 0 amide bonds. The summed E-state index contributed by atoms with van der Waals surface area (Å²) in [6, 6.07) is 6.76. The predicted octanol–water partition coefficient (Wildman–Crippen LogP) is 2.02. The Morgan fingerprint density at radius 3 is 2.58 bits per heavy atom. The van der Waals surface area contributed by atoms with Crippen LogP contribution in [0.25, 0.3) is 0 Å². The standard InChI is InChI=1S/C10H12FN/c1-7-6-10(7,12)8-4-2-3-5-9(8)11/h2-5,7H,6,12H2,1H3. The first-order chi connectivity index (χ1) is 5.64. The first kappa shape index (κ1) is 7.74. The minimum absolute atomic E-state index is 0.177. The number of rotatable bonds is 1. The zero-order valence-electron chi connectivity index (χ0n) is 7.05. The Hall–Kier alpha value is -0.890. The number of nitrogens with two attached hydrogens (primary N) is 1. The molecule has 12 heavy (non-hydrogen) atoms. The summed E-state index contributed by atoms with van der Waals surface area (Å²) in [5.74, 6) is 0.235. The van der Waals surface area contributed by atoms with E-state index < -0.39 is 0 Å². The van der Waals surface area contributed by atoms with Crippen LogP contribution in [-0.4, -0.2) is 0 Å². The van der Waals surface area contributed by atoms with Crippen molar-refractivity contribution in [1.82, 2.24) is 0 Å². The Morgan fingerprint density at radius 1 is 1.50 bits per heavy atom. The Kier molecular flexibility index (Phi) is 1.48. The molecule has 64 valence electrons. The Balaban J connectivity index is 2.41. The third-order valence-corrected chi connectivity index (χ3v) is 2.74. The maximum atomic E-state index is 13.2. The quantitative estimate of drug-likeness (QED) is 0.677. The van der Waals surface area contributed by atoms with Gasteiger partial charge in [-0.2, -0.15) is 0 Å². The highest BCUT2D eigenvalue weighted by Gasteiger charge is 2.50. The molecule has 0 heterocycles. The Morgan fingerprint density at radius 2 is 2.08 bits per heavy atom. The van der Waals surface area contributed by atoms with Crippen LogP contribution in [0.4, 0.5) is 4.39 Å². The van der Waals surface area contributed by atoms with Crippen molar-refractivity contribution < 1.29 is 4.39 Å². The van der Waals surface area contributed by atoms with Crippen LogP contribution in [0.15, 0.2) is 24.3 Å². The molecule has 1 fully saturated rings. The maximum absolute atomic E-state index is 13.2. The zero-order valence-corrected chi connectivity index (χ0v) is 7.05. The molecule has 0 spiro atoms. The fraction of sp³-hybridized carbons (Fsp3) is 0.400. The van der Waals surface area contributed by atoms with Crippen LogP contribution in [0, 0.1) is 11.7 Å². The first-order valence-electron chi connectivity index (χ1n) is 4.18. The molecule has 1 aromatic carbocycles. The van der Waals surface area contributed by atoms with Crippen LogP contribution < -0.4 is 5.73 Å². The van der Waals surface area contributed by atoms with Crippen LogP contribution in [-0.2, 0) is 5.54 Å². The van der Waals surface area contributed by atoms with E-state index in [9.17, 15) is 4.39 Å². The van der Waals surface area contributed by atoms with Gasteiger partial charge in [0.15, 0.2) is 0 Å². The minimum Gasteiger partial charge on any atom is -0.321 e. The van der Waals surface area contributed by atoms with Gasteiger partial charge in [0, 0.05) is 11.1 Å². The Labute approximate surface area is 71.4 Å². The van der Waals surface area contributed by atoms with Crippen LogP contribution in [0.2, 0.25) is 0 Å². The van der Waals surface area contributed by atoms with Gasteiger partial charge >= 0.3 is 0 Å². The molecule has 1 nitrogen and oxygen atoms in total. The summed E-state index contributed by atoms with van der Waals surface area (Å²) >= 11 is 0. The van der Waals surface area contributed by atoms with Crippen molar-refractivity contribution in [3.05, 3.63) is 35.6 Å². The molecule has 1 aliphatic rings. The second kappa shape index (κ2) is 2.30. The van der Waals surface area contributed by atoms with Gasteiger partial charge in [-0.05, 0) is 18.4 Å². The molecule has 2 rings (SSSR count). The van der Waals surface area contributed by atoms with Gasteiger partial charge in [0.2, 0.25) is 0 Å². The van der Waals surface area contributed by atoms with E-state index in [2.05, 4.69) is 0 Å². The zero-order chi connectivity index (χ0) is 8.77. The molecule has 0 bridgehead atoms. The third-order valence-electron chi connectivity index (χ3n) is 2.74. The smallest absolute Gasteiger partial charge is 0.128 e. The molecule has 0 aliphatic heterocycles.